The first-order valence-electron chi connectivity index (χ1n) is 11.9. The molecule has 0 unspecified atom stereocenters. The summed E-state index contributed by atoms with van der Waals surface area (Å²) in [6, 6.07) is 6.75. The van der Waals surface area contributed by atoms with E-state index < -0.39 is 0 Å². The van der Waals surface area contributed by atoms with Crippen LogP contribution >= 0.6 is 0 Å². The summed E-state index contributed by atoms with van der Waals surface area (Å²) >= 11 is 0. The number of carbonyl (C=O) groups excluding carboxylic acids is 1. The van der Waals surface area contributed by atoms with E-state index in [0.717, 1.165) is 56.7 Å². The summed E-state index contributed by atoms with van der Waals surface area (Å²) < 4.78 is 10.8. The highest BCUT2D eigenvalue weighted by molar-refractivity contribution is 5.77. The van der Waals surface area contributed by atoms with Gasteiger partial charge in [0.15, 0.2) is 18.0 Å². The maximum atomic E-state index is 13.1. The highest BCUT2D eigenvalue weighted by Crippen LogP contribution is 2.35. The second kappa shape index (κ2) is 10.0. The zero-order valence-electron chi connectivity index (χ0n) is 18.8. The van der Waals surface area contributed by atoms with E-state index in [-0.39, 0.29) is 0 Å². The Kier molecular flexibility index (Phi) is 7.16. The maximum Gasteiger partial charge on any atom is 0.278 e. The lowest BCUT2D eigenvalue weighted by atomic mass is 9.78. The standard InChI is InChI=1S/C24H37N3O3/c1-29-22-10-9-19(16-23(22)30-2)17-25-12-14-26(15-13-25)18-24(28)27-11-5-7-20-6-3-4-8-21(20)27/h9-10,16,20-21H,3-8,11-15,17-18H2,1-2H3/p+2/t20-,21+/m1/s1. The van der Waals surface area contributed by atoms with Crippen molar-refractivity contribution in [1.82, 2.24) is 4.90 Å². The summed E-state index contributed by atoms with van der Waals surface area (Å²) in [6.45, 7) is 7.06. The van der Waals surface area contributed by atoms with Gasteiger partial charge in [-0.1, -0.05) is 12.8 Å². The quantitative estimate of drug-likeness (QED) is 0.694. The van der Waals surface area contributed by atoms with Gasteiger partial charge in [-0.3, -0.25) is 4.79 Å². The molecule has 3 fully saturated rings. The van der Waals surface area contributed by atoms with Gasteiger partial charge < -0.3 is 24.2 Å². The van der Waals surface area contributed by atoms with E-state index >= 15 is 0 Å². The van der Waals surface area contributed by atoms with Gasteiger partial charge in [-0.05, 0) is 49.8 Å². The van der Waals surface area contributed by atoms with Crippen molar-refractivity contribution in [2.24, 2.45) is 5.92 Å². The van der Waals surface area contributed by atoms with Crippen LogP contribution in [0, 0.1) is 5.92 Å². The van der Waals surface area contributed by atoms with Crippen LogP contribution in [0.3, 0.4) is 0 Å². The summed E-state index contributed by atoms with van der Waals surface area (Å²) in [5, 5.41) is 0. The Morgan fingerprint density at radius 2 is 1.67 bits per heavy atom. The number of benzene rings is 1. The molecule has 6 nitrogen and oxygen atoms in total. The highest BCUT2D eigenvalue weighted by atomic mass is 16.5. The molecule has 0 bridgehead atoms. The van der Waals surface area contributed by atoms with Gasteiger partial charge in [0.1, 0.15) is 32.7 Å². The predicted octanol–water partition coefficient (Wildman–Crippen LogP) is 0.168. The van der Waals surface area contributed by atoms with E-state index in [1.54, 1.807) is 19.1 Å². The molecule has 1 aromatic carbocycles. The van der Waals surface area contributed by atoms with Crippen LogP contribution in [0.2, 0.25) is 0 Å². The minimum Gasteiger partial charge on any atom is -0.493 e. The predicted molar refractivity (Wildman–Crippen MR) is 116 cm³/mol. The summed E-state index contributed by atoms with van der Waals surface area (Å²) in [7, 11) is 3.36. The van der Waals surface area contributed by atoms with Crippen molar-refractivity contribution in [3.63, 3.8) is 0 Å². The second-order valence-electron chi connectivity index (χ2n) is 9.38. The van der Waals surface area contributed by atoms with Crippen LogP contribution in [0.4, 0.5) is 0 Å². The van der Waals surface area contributed by atoms with Gasteiger partial charge in [-0.2, -0.15) is 0 Å². The molecule has 2 heterocycles. The molecule has 6 heteroatoms. The Labute approximate surface area is 181 Å². The highest BCUT2D eigenvalue weighted by Gasteiger charge is 2.37. The first kappa shape index (κ1) is 21.4. The Morgan fingerprint density at radius 1 is 0.967 bits per heavy atom. The molecular formula is C24H39N3O3+2. The number of piperidine rings is 1. The third kappa shape index (κ3) is 4.92. The molecule has 0 spiro atoms. The van der Waals surface area contributed by atoms with Crippen molar-refractivity contribution in [2.75, 3.05) is 53.5 Å². The number of amides is 1. The fraction of sp³-hybridized carbons (Fsp3) is 0.708. The van der Waals surface area contributed by atoms with Crippen LogP contribution in [-0.4, -0.2) is 70.3 Å². The number of nitrogens with zero attached hydrogens (tertiary/aromatic N) is 1. The van der Waals surface area contributed by atoms with Crippen molar-refractivity contribution in [3.05, 3.63) is 23.8 Å². The SMILES string of the molecule is COc1ccc(C[NH+]2CC[NH+](CC(=O)N3CCC[C@H]4CCCC[C@@H]43)CC2)cc1OC. The molecule has 1 aliphatic carbocycles. The number of hydrogen-bond donors (Lipinski definition) is 2. The van der Waals surface area contributed by atoms with Crippen molar-refractivity contribution in [1.29, 1.82) is 0 Å². The number of carbonyl (C=O) groups is 1. The Balaban J connectivity index is 1.26. The zero-order chi connectivity index (χ0) is 20.9. The number of likely N-dealkylation sites (tertiary alicyclic amines) is 1. The van der Waals surface area contributed by atoms with Crippen molar-refractivity contribution in [3.8, 4) is 11.5 Å². The minimum atomic E-state index is 0.407. The lowest BCUT2D eigenvalue weighted by Gasteiger charge is -2.44. The van der Waals surface area contributed by atoms with Gasteiger partial charge in [0, 0.05) is 18.2 Å². The van der Waals surface area contributed by atoms with Gasteiger partial charge in [-0.15, -0.1) is 0 Å². The van der Waals surface area contributed by atoms with Crippen molar-refractivity contribution >= 4 is 5.91 Å². The maximum absolute atomic E-state index is 13.1. The normalized spacial score (nSPS) is 29.2. The van der Waals surface area contributed by atoms with E-state index in [2.05, 4.69) is 17.0 Å². The van der Waals surface area contributed by atoms with Gasteiger partial charge in [0.25, 0.3) is 5.91 Å². The molecular weight excluding hydrogens is 378 g/mol. The fourth-order valence-corrected chi connectivity index (χ4v) is 5.84. The fourth-order valence-electron chi connectivity index (χ4n) is 5.84. The number of hydrogen-bond acceptors (Lipinski definition) is 3. The number of piperazine rings is 1. The first-order chi connectivity index (χ1) is 14.7. The van der Waals surface area contributed by atoms with Gasteiger partial charge >= 0.3 is 0 Å². The Bertz CT molecular complexity index is 716. The van der Waals surface area contributed by atoms with Crippen LogP contribution < -0.4 is 19.3 Å². The average molecular weight is 418 g/mol. The topological polar surface area (TPSA) is 47.7 Å². The van der Waals surface area contributed by atoms with Gasteiger partial charge in [-0.25, -0.2) is 0 Å². The monoisotopic (exact) mass is 417 g/mol. The van der Waals surface area contributed by atoms with E-state index in [9.17, 15) is 4.79 Å². The third-order valence-corrected chi connectivity index (χ3v) is 7.53. The van der Waals surface area contributed by atoms with Crippen molar-refractivity contribution < 1.29 is 24.1 Å². The van der Waals surface area contributed by atoms with E-state index in [4.69, 9.17) is 9.47 Å². The van der Waals surface area contributed by atoms with Gasteiger partial charge in [0.05, 0.1) is 14.2 Å². The molecule has 0 radical (unpaired) electrons. The molecule has 30 heavy (non-hydrogen) atoms. The summed E-state index contributed by atoms with van der Waals surface area (Å²) in [6.07, 6.45) is 7.76. The zero-order valence-corrected chi connectivity index (χ0v) is 18.8. The van der Waals surface area contributed by atoms with Crippen molar-refractivity contribution in [2.45, 2.75) is 51.1 Å². The molecule has 2 N–H and O–H groups in total. The molecule has 3 aliphatic rings. The largest absolute Gasteiger partial charge is 0.493 e. The second-order valence-corrected chi connectivity index (χ2v) is 9.38. The summed E-state index contributed by atoms with van der Waals surface area (Å²) in [4.78, 5) is 18.4. The van der Waals surface area contributed by atoms with E-state index in [1.165, 1.54) is 49.0 Å². The molecule has 1 saturated carbocycles. The molecule has 1 amide bonds. The van der Waals surface area contributed by atoms with Gasteiger partial charge in [0.2, 0.25) is 0 Å². The molecule has 4 rings (SSSR count). The Morgan fingerprint density at radius 3 is 2.43 bits per heavy atom. The van der Waals surface area contributed by atoms with Crippen LogP contribution in [-0.2, 0) is 11.3 Å². The molecule has 2 aliphatic heterocycles. The lowest BCUT2D eigenvalue weighted by molar-refractivity contribution is -1.02. The number of ether oxygens (including phenoxy) is 2. The molecule has 2 atom stereocenters. The molecule has 0 aromatic heterocycles. The van der Waals surface area contributed by atoms with E-state index in [0.29, 0.717) is 18.5 Å². The first-order valence-corrected chi connectivity index (χ1v) is 11.9. The van der Waals surface area contributed by atoms with Crippen LogP contribution in [0.1, 0.15) is 44.1 Å². The van der Waals surface area contributed by atoms with Crippen LogP contribution in [0.15, 0.2) is 18.2 Å². The molecule has 1 aromatic rings. The van der Waals surface area contributed by atoms with Crippen LogP contribution in [0.5, 0.6) is 11.5 Å². The number of methoxy groups -OCH3 is 2. The molecule has 166 valence electrons. The lowest BCUT2D eigenvalue weighted by Crippen LogP contribution is -3.28. The Hall–Kier alpha value is -1.79. The van der Waals surface area contributed by atoms with Crippen LogP contribution in [0.25, 0.3) is 0 Å². The number of quaternary nitrogens is 2. The smallest absolute Gasteiger partial charge is 0.278 e. The minimum absolute atomic E-state index is 0.407. The summed E-state index contributed by atoms with van der Waals surface area (Å²) in [5.74, 6) is 2.76. The average Bonchev–Trinajstić information content (AvgIpc) is 2.79. The third-order valence-electron chi connectivity index (χ3n) is 7.53. The molecule has 2 saturated heterocycles. The number of nitrogens with one attached hydrogen (secondary N) is 2. The van der Waals surface area contributed by atoms with E-state index in [1.807, 2.05) is 6.07 Å². The number of rotatable bonds is 6. The number of fused-ring (bicyclic) bond motifs is 1. The summed E-state index contributed by atoms with van der Waals surface area (Å²) in [5.41, 5.74) is 1.28.